The zero-order chi connectivity index (χ0) is 22.5. The number of aromatic nitrogens is 2. The number of amides is 1. The first-order valence-corrected chi connectivity index (χ1v) is 10.4. The Morgan fingerprint density at radius 1 is 1.00 bits per heavy atom. The normalized spacial score (nSPS) is 10.9. The van der Waals surface area contributed by atoms with Gasteiger partial charge < -0.3 is 5.11 Å². The van der Waals surface area contributed by atoms with E-state index < -0.39 is 11.5 Å². The van der Waals surface area contributed by atoms with E-state index in [1.165, 1.54) is 12.3 Å². The zero-order valence-electron chi connectivity index (χ0n) is 16.6. The van der Waals surface area contributed by atoms with Crippen molar-refractivity contribution >= 4 is 28.1 Å². The van der Waals surface area contributed by atoms with Crippen LogP contribution in [0.3, 0.4) is 0 Å². The summed E-state index contributed by atoms with van der Waals surface area (Å²) in [5.41, 5.74) is 4.69. The van der Waals surface area contributed by atoms with Gasteiger partial charge in [-0.15, -0.1) is 0 Å². The molecule has 0 aliphatic rings. The molecule has 0 unspecified atom stereocenters. The first kappa shape index (κ1) is 21.2. The fourth-order valence-electron chi connectivity index (χ4n) is 3.18. The van der Waals surface area contributed by atoms with Gasteiger partial charge in [0.05, 0.1) is 16.4 Å². The van der Waals surface area contributed by atoms with Crippen molar-refractivity contribution in [2.24, 2.45) is 5.10 Å². The molecule has 32 heavy (non-hydrogen) atoms. The minimum atomic E-state index is -0.668. The van der Waals surface area contributed by atoms with Crippen molar-refractivity contribution in [2.45, 2.75) is 0 Å². The number of phenolic OH excluding ortho intramolecular Hbond substituents is 1. The maximum Gasteiger partial charge on any atom is 0.277 e. The molecular formula is C24H17BrN4O3. The second-order valence-electron chi connectivity index (χ2n) is 6.79. The molecule has 7 nitrogen and oxygen atoms in total. The fraction of sp³-hybridized carbons (Fsp3) is 0. The number of hydrogen-bond donors (Lipinski definition) is 3. The number of hydrogen-bond acceptors (Lipinski definition) is 5. The predicted molar refractivity (Wildman–Crippen MR) is 127 cm³/mol. The van der Waals surface area contributed by atoms with Gasteiger partial charge in [0, 0.05) is 11.1 Å². The number of benzene rings is 3. The first-order chi connectivity index (χ1) is 15.5. The van der Waals surface area contributed by atoms with Gasteiger partial charge in [0.25, 0.3) is 11.5 Å². The van der Waals surface area contributed by atoms with Crippen LogP contribution in [-0.4, -0.2) is 27.4 Å². The van der Waals surface area contributed by atoms with Crippen LogP contribution in [0.5, 0.6) is 5.75 Å². The minimum absolute atomic E-state index is 0.0888. The number of carbonyl (C=O) groups is 1. The SMILES string of the molecule is O=C(N/N=C/c1ccc(O)c(Br)c1)c1c(-c2ccccc2)c(-c2ccccc2)n[nH]c1=O. The summed E-state index contributed by atoms with van der Waals surface area (Å²) in [4.78, 5) is 25.7. The standard InChI is InChI=1S/C24H17BrN4O3/c25-18-13-15(11-12-19(18)30)14-26-28-23(31)21-20(16-7-3-1-4-8-16)22(27-29-24(21)32)17-9-5-2-6-10-17/h1-14,30H,(H,28,31)(H,29,32)/b26-14+. The number of halogens is 1. The lowest BCUT2D eigenvalue weighted by Crippen LogP contribution is -2.28. The van der Waals surface area contributed by atoms with Crippen LogP contribution in [0.4, 0.5) is 0 Å². The second-order valence-corrected chi connectivity index (χ2v) is 7.65. The number of hydrazone groups is 1. The molecule has 0 aliphatic carbocycles. The lowest BCUT2D eigenvalue weighted by atomic mass is 9.95. The van der Waals surface area contributed by atoms with E-state index in [-0.39, 0.29) is 11.3 Å². The highest BCUT2D eigenvalue weighted by Gasteiger charge is 2.22. The number of H-pyrrole nitrogens is 1. The number of phenols is 1. The first-order valence-electron chi connectivity index (χ1n) is 9.60. The lowest BCUT2D eigenvalue weighted by molar-refractivity contribution is 0.0954. The van der Waals surface area contributed by atoms with Crippen molar-refractivity contribution in [3.8, 4) is 28.1 Å². The Balaban J connectivity index is 1.76. The van der Waals surface area contributed by atoms with Gasteiger partial charge in [0.15, 0.2) is 0 Å². The molecule has 4 aromatic rings. The summed E-state index contributed by atoms with van der Waals surface area (Å²) >= 11 is 3.23. The Morgan fingerprint density at radius 3 is 2.31 bits per heavy atom. The van der Waals surface area contributed by atoms with Crippen molar-refractivity contribution < 1.29 is 9.90 Å². The molecule has 0 spiro atoms. The van der Waals surface area contributed by atoms with Crippen molar-refractivity contribution in [3.05, 3.63) is 105 Å². The monoisotopic (exact) mass is 488 g/mol. The van der Waals surface area contributed by atoms with Crippen molar-refractivity contribution in [3.63, 3.8) is 0 Å². The van der Waals surface area contributed by atoms with E-state index in [1.807, 2.05) is 60.7 Å². The Labute approximate surface area is 191 Å². The third kappa shape index (κ3) is 4.50. The van der Waals surface area contributed by atoms with Gasteiger partial charge in [-0.3, -0.25) is 9.59 Å². The topological polar surface area (TPSA) is 107 Å². The zero-order valence-corrected chi connectivity index (χ0v) is 18.2. The van der Waals surface area contributed by atoms with E-state index >= 15 is 0 Å². The summed E-state index contributed by atoms with van der Waals surface area (Å²) in [6, 6.07) is 23.2. The Morgan fingerprint density at radius 2 is 1.66 bits per heavy atom. The predicted octanol–water partition coefficient (Wildman–Crippen LogP) is 4.34. The van der Waals surface area contributed by atoms with Gasteiger partial charge in [-0.1, -0.05) is 60.7 Å². The summed E-state index contributed by atoms with van der Waals surface area (Å²) < 4.78 is 0.497. The van der Waals surface area contributed by atoms with E-state index in [2.05, 4.69) is 36.7 Å². The molecule has 0 bridgehead atoms. The number of nitrogens with one attached hydrogen (secondary N) is 2. The summed E-state index contributed by atoms with van der Waals surface area (Å²) in [6.45, 7) is 0. The third-order valence-corrected chi connectivity index (χ3v) is 5.31. The van der Waals surface area contributed by atoms with E-state index in [0.717, 1.165) is 5.56 Å². The molecular weight excluding hydrogens is 472 g/mol. The molecule has 0 fully saturated rings. The molecule has 0 saturated heterocycles. The molecule has 0 radical (unpaired) electrons. The third-order valence-electron chi connectivity index (χ3n) is 4.67. The second kappa shape index (κ2) is 9.40. The van der Waals surface area contributed by atoms with Crippen LogP contribution in [0.2, 0.25) is 0 Å². The Kier molecular flexibility index (Phi) is 6.23. The van der Waals surface area contributed by atoms with E-state index in [4.69, 9.17) is 0 Å². The smallest absolute Gasteiger partial charge is 0.277 e. The van der Waals surface area contributed by atoms with Crippen LogP contribution in [0, 0.1) is 0 Å². The highest BCUT2D eigenvalue weighted by molar-refractivity contribution is 9.10. The van der Waals surface area contributed by atoms with Gasteiger partial charge >= 0.3 is 0 Å². The minimum Gasteiger partial charge on any atom is -0.507 e. The maximum absolute atomic E-state index is 13.0. The number of aromatic hydroxyl groups is 1. The Hall–Kier alpha value is -4.04. The van der Waals surface area contributed by atoms with Crippen molar-refractivity contribution in [2.75, 3.05) is 0 Å². The molecule has 0 aliphatic heterocycles. The van der Waals surface area contributed by atoms with Crippen LogP contribution in [0.1, 0.15) is 15.9 Å². The molecule has 8 heteroatoms. The summed E-state index contributed by atoms with van der Waals surface area (Å²) in [7, 11) is 0. The molecule has 0 saturated carbocycles. The van der Waals surface area contributed by atoms with Gasteiger partial charge in [-0.05, 0) is 45.3 Å². The lowest BCUT2D eigenvalue weighted by Gasteiger charge is -2.12. The molecule has 3 N–H and O–H groups in total. The van der Waals surface area contributed by atoms with E-state index in [1.54, 1.807) is 12.1 Å². The quantitative estimate of drug-likeness (QED) is 0.287. The molecule has 1 heterocycles. The molecule has 3 aromatic carbocycles. The molecule has 0 atom stereocenters. The van der Waals surface area contributed by atoms with Gasteiger partial charge in [0.1, 0.15) is 11.3 Å². The van der Waals surface area contributed by atoms with Gasteiger partial charge in [-0.25, -0.2) is 10.5 Å². The van der Waals surface area contributed by atoms with Crippen LogP contribution in [0.15, 0.2) is 93.2 Å². The summed E-state index contributed by atoms with van der Waals surface area (Å²) in [6.07, 6.45) is 1.41. The number of aromatic amines is 1. The fourth-order valence-corrected chi connectivity index (χ4v) is 3.58. The van der Waals surface area contributed by atoms with E-state index in [9.17, 15) is 14.7 Å². The molecule has 1 aromatic heterocycles. The van der Waals surface area contributed by atoms with Crippen LogP contribution < -0.4 is 11.0 Å². The largest absolute Gasteiger partial charge is 0.507 e. The highest BCUT2D eigenvalue weighted by atomic mass is 79.9. The summed E-state index contributed by atoms with van der Waals surface area (Å²) in [5, 5.41) is 20.2. The summed E-state index contributed by atoms with van der Waals surface area (Å²) in [5.74, 6) is -0.575. The van der Waals surface area contributed by atoms with Crippen LogP contribution >= 0.6 is 15.9 Å². The molecule has 158 valence electrons. The average Bonchev–Trinajstić information content (AvgIpc) is 2.82. The van der Waals surface area contributed by atoms with E-state index in [0.29, 0.717) is 26.9 Å². The molecule has 4 rings (SSSR count). The van der Waals surface area contributed by atoms with Crippen LogP contribution in [0.25, 0.3) is 22.4 Å². The average molecular weight is 489 g/mol. The number of rotatable bonds is 5. The van der Waals surface area contributed by atoms with Crippen molar-refractivity contribution in [1.29, 1.82) is 0 Å². The number of carbonyl (C=O) groups excluding carboxylic acids is 1. The highest BCUT2D eigenvalue weighted by Crippen LogP contribution is 2.31. The van der Waals surface area contributed by atoms with Gasteiger partial charge in [0.2, 0.25) is 0 Å². The molecule has 1 amide bonds. The van der Waals surface area contributed by atoms with Gasteiger partial charge in [-0.2, -0.15) is 10.2 Å². The van der Waals surface area contributed by atoms with Crippen LogP contribution in [-0.2, 0) is 0 Å². The number of nitrogens with zero attached hydrogens (tertiary/aromatic N) is 2. The maximum atomic E-state index is 13.0. The van der Waals surface area contributed by atoms with Crippen molar-refractivity contribution in [1.82, 2.24) is 15.6 Å². The Bertz CT molecular complexity index is 1350.